The third-order valence-corrected chi connectivity index (χ3v) is 5.84. The Morgan fingerprint density at radius 1 is 1.12 bits per heavy atom. The number of carbonyl (C=O) groups is 1. The predicted octanol–water partition coefficient (Wildman–Crippen LogP) is 3.50. The van der Waals surface area contributed by atoms with Crippen molar-refractivity contribution in [2.24, 2.45) is 0 Å². The number of amides is 1. The molecule has 6 heteroatoms. The molecule has 2 aromatic heterocycles. The average Bonchev–Trinajstić information content (AvgIpc) is 3.00. The van der Waals surface area contributed by atoms with Crippen LogP contribution in [0.4, 0.5) is 0 Å². The van der Waals surface area contributed by atoms with Crippen LogP contribution in [-0.2, 0) is 12.8 Å². The van der Waals surface area contributed by atoms with Gasteiger partial charge in [0.1, 0.15) is 6.33 Å². The molecule has 0 aliphatic heterocycles. The highest BCUT2D eigenvalue weighted by atomic mass is 32.1. The Hall–Kier alpha value is -2.47. The molecule has 4 rings (SSSR count). The van der Waals surface area contributed by atoms with Crippen molar-refractivity contribution in [1.29, 1.82) is 0 Å². The van der Waals surface area contributed by atoms with E-state index in [4.69, 9.17) is 0 Å². The van der Waals surface area contributed by atoms with E-state index < -0.39 is 0 Å². The summed E-state index contributed by atoms with van der Waals surface area (Å²) in [7, 11) is 0. The molecule has 0 fully saturated rings. The first kappa shape index (κ1) is 16.0. The van der Waals surface area contributed by atoms with Crippen molar-refractivity contribution in [3.63, 3.8) is 0 Å². The van der Waals surface area contributed by atoms with Gasteiger partial charge in [-0.3, -0.25) is 15.0 Å². The van der Waals surface area contributed by atoms with Gasteiger partial charge >= 0.3 is 0 Å². The summed E-state index contributed by atoms with van der Waals surface area (Å²) < 4.78 is 1.17. The summed E-state index contributed by atoms with van der Waals surface area (Å²) in [5, 5.41) is 0.490. The second-order valence-corrected chi connectivity index (χ2v) is 7.49. The van der Waals surface area contributed by atoms with Crippen LogP contribution in [0.3, 0.4) is 0 Å². The number of thiophene rings is 1. The third kappa shape index (κ3) is 3.22. The van der Waals surface area contributed by atoms with Gasteiger partial charge in [-0.1, -0.05) is 25.0 Å². The third-order valence-electron chi connectivity index (χ3n) is 4.61. The first-order valence-electron chi connectivity index (χ1n) is 8.62. The predicted molar refractivity (Wildman–Crippen MR) is 99.9 cm³/mol. The Morgan fingerprint density at radius 3 is 2.80 bits per heavy atom. The standard InChI is InChI=1S/C19H19N3O2S/c23-18(17-11-13-7-3-1-2-4-10-16(13)25-17)21-22-12-20-15-9-6-5-8-14(15)19(22)24/h5-6,8-9,11-12H,1-4,7,10H2,(H,21,23). The Morgan fingerprint density at radius 2 is 1.92 bits per heavy atom. The van der Waals surface area contributed by atoms with Crippen molar-refractivity contribution in [2.45, 2.75) is 38.5 Å². The van der Waals surface area contributed by atoms with Crippen molar-refractivity contribution in [3.8, 4) is 0 Å². The summed E-state index contributed by atoms with van der Waals surface area (Å²) in [5.74, 6) is -0.254. The molecule has 0 bridgehead atoms. The monoisotopic (exact) mass is 353 g/mol. The van der Waals surface area contributed by atoms with Crippen LogP contribution in [0.15, 0.2) is 41.5 Å². The molecule has 1 aliphatic carbocycles. The molecule has 1 N–H and O–H groups in total. The zero-order valence-electron chi connectivity index (χ0n) is 13.8. The first-order chi connectivity index (χ1) is 12.2. The SMILES string of the molecule is O=C(Nn1cnc2ccccc2c1=O)c1cc2c(s1)CCCCCC2. The molecule has 25 heavy (non-hydrogen) atoms. The highest BCUT2D eigenvalue weighted by Gasteiger charge is 2.16. The van der Waals surface area contributed by atoms with Crippen molar-refractivity contribution in [2.75, 3.05) is 5.43 Å². The van der Waals surface area contributed by atoms with Crippen molar-refractivity contribution in [1.82, 2.24) is 9.66 Å². The molecule has 128 valence electrons. The fraction of sp³-hybridized carbons (Fsp3) is 0.316. The van der Waals surface area contributed by atoms with Crippen LogP contribution in [0, 0.1) is 0 Å². The number of aryl methyl sites for hydroxylation is 2. The van der Waals surface area contributed by atoms with Gasteiger partial charge in [0.25, 0.3) is 11.5 Å². The Kier molecular flexibility index (Phi) is 4.36. The van der Waals surface area contributed by atoms with Crippen molar-refractivity contribution >= 4 is 28.1 Å². The van der Waals surface area contributed by atoms with E-state index in [1.807, 2.05) is 12.1 Å². The molecule has 0 unspecified atom stereocenters. The lowest BCUT2D eigenvalue weighted by Crippen LogP contribution is -2.32. The maximum atomic E-state index is 12.6. The number of nitrogens with one attached hydrogen (secondary N) is 1. The number of hydrogen-bond donors (Lipinski definition) is 1. The van der Waals surface area contributed by atoms with E-state index in [-0.39, 0.29) is 11.5 Å². The van der Waals surface area contributed by atoms with E-state index >= 15 is 0 Å². The fourth-order valence-electron chi connectivity index (χ4n) is 3.27. The van der Waals surface area contributed by atoms with E-state index in [2.05, 4.69) is 10.4 Å². The van der Waals surface area contributed by atoms with Crippen LogP contribution in [0.5, 0.6) is 0 Å². The van der Waals surface area contributed by atoms with E-state index in [0.29, 0.717) is 15.8 Å². The largest absolute Gasteiger partial charge is 0.280 e. The van der Waals surface area contributed by atoms with E-state index in [1.165, 1.54) is 47.1 Å². The van der Waals surface area contributed by atoms with Crippen LogP contribution in [-0.4, -0.2) is 15.6 Å². The topological polar surface area (TPSA) is 64.0 Å². The van der Waals surface area contributed by atoms with Crippen LogP contribution in [0.1, 0.15) is 45.8 Å². The lowest BCUT2D eigenvalue weighted by molar-refractivity contribution is 0.101. The smallest absolute Gasteiger partial charge is 0.267 e. The van der Waals surface area contributed by atoms with Crippen molar-refractivity contribution in [3.05, 3.63) is 62.3 Å². The molecular weight excluding hydrogens is 334 g/mol. The molecule has 2 heterocycles. The first-order valence-corrected chi connectivity index (χ1v) is 9.43. The summed E-state index contributed by atoms with van der Waals surface area (Å²) in [6, 6.07) is 9.10. The zero-order valence-corrected chi connectivity index (χ0v) is 14.6. The molecular formula is C19H19N3O2S. The van der Waals surface area contributed by atoms with Gasteiger partial charge in [-0.15, -0.1) is 11.3 Å². The van der Waals surface area contributed by atoms with Crippen LogP contribution >= 0.6 is 11.3 Å². The Bertz CT molecular complexity index is 964. The molecule has 3 aromatic rings. The van der Waals surface area contributed by atoms with Gasteiger partial charge in [0.15, 0.2) is 0 Å². The minimum atomic E-state index is -0.270. The lowest BCUT2D eigenvalue weighted by atomic mass is 10.00. The zero-order chi connectivity index (χ0) is 17.2. The van der Waals surface area contributed by atoms with Crippen LogP contribution in [0.25, 0.3) is 10.9 Å². The molecule has 0 atom stereocenters. The molecule has 1 amide bonds. The molecule has 5 nitrogen and oxygen atoms in total. The molecule has 0 saturated carbocycles. The van der Waals surface area contributed by atoms with Crippen LogP contribution < -0.4 is 11.0 Å². The summed E-state index contributed by atoms with van der Waals surface area (Å²) in [5.41, 5.74) is 4.32. The number of carbonyl (C=O) groups excluding carboxylic acids is 1. The van der Waals surface area contributed by atoms with E-state index in [1.54, 1.807) is 29.5 Å². The normalized spacial score (nSPS) is 14.6. The average molecular weight is 353 g/mol. The van der Waals surface area contributed by atoms with E-state index in [0.717, 1.165) is 12.8 Å². The van der Waals surface area contributed by atoms with Gasteiger partial charge in [-0.25, -0.2) is 9.66 Å². The quantitative estimate of drug-likeness (QED) is 0.767. The summed E-state index contributed by atoms with van der Waals surface area (Å²) in [4.78, 5) is 31.3. The summed E-state index contributed by atoms with van der Waals surface area (Å²) >= 11 is 1.55. The highest BCUT2D eigenvalue weighted by Crippen LogP contribution is 2.28. The number of benzene rings is 1. The molecule has 0 spiro atoms. The Balaban J connectivity index is 1.61. The minimum absolute atomic E-state index is 0.254. The highest BCUT2D eigenvalue weighted by molar-refractivity contribution is 7.14. The number of fused-ring (bicyclic) bond motifs is 2. The summed E-state index contributed by atoms with van der Waals surface area (Å²) in [6.07, 6.45) is 8.33. The maximum Gasteiger partial charge on any atom is 0.280 e. The molecule has 1 aliphatic rings. The number of aromatic nitrogens is 2. The second-order valence-electron chi connectivity index (χ2n) is 6.35. The molecule has 0 radical (unpaired) electrons. The van der Waals surface area contributed by atoms with Gasteiger partial charge in [0.2, 0.25) is 0 Å². The second kappa shape index (κ2) is 6.80. The Labute approximate surface area is 149 Å². The lowest BCUT2D eigenvalue weighted by Gasteiger charge is -2.07. The minimum Gasteiger partial charge on any atom is -0.267 e. The maximum absolute atomic E-state index is 12.6. The number of para-hydroxylation sites is 1. The van der Waals surface area contributed by atoms with Crippen LogP contribution in [0.2, 0.25) is 0 Å². The van der Waals surface area contributed by atoms with Gasteiger partial charge in [-0.2, -0.15) is 0 Å². The number of hydrogen-bond acceptors (Lipinski definition) is 4. The van der Waals surface area contributed by atoms with Gasteiger partial charge in [-0.05, 0) is 49.4 Å². The number of rotatable bonds is 2. The summed E-state index contributed by atoms with van der Waals surface area (Å²) in [6.45, 7) is 0. The molecule has 0 saturated heterocycles. The van der Waals surface area contributed by atoms with Crippen molar-refractivity contribution < 1.29 is 4.79 Å². The van der Waals surface area contributed by atoms with Gasteiger partial charge in [0, 0.05) is 4.88 Å². The van der Waals surface area contributed by atoms with Gasteiger partial charge in [0.05, 0.1) is 15.8 Å². The van der Waals surface area contributed by atoms with Gasteiger partial charge < -0.3 is 0 Å². The van der Waals surface area contributed by atoms with E-state index in [9.17, 15) is 9.59 Å². The molecule has 1 aromatic carbocycles. The fourth-order valence-corrected chi connectivity index (χ4v) is 4.41. The number of nitrogens with zero attached hydrogens (tertiary/aromatic N) is 2.